The van der Waals surface area contributed by atoms with Crippen LogP contribution in [0.2, 0.25) is 0 Å². The summed E-state index contributed by atoms with van der Waals surface area (Å²) in [5.74, 6) is 0.0523. The molecule has 0 radical (unpaired) electrons. The maximum atomic E-state index is 14.2. The fraction of sp³-hybridized carbons (Fsp3) is 0.0714. The molecule has 7 heteroatoms. The third-order valence-corrected chi connectivity index (χ3v) is 3.09. The Morgan fingerprint density at radius 2 is 2.05 bits per heavy atom. The number of phenolic OH excluding ortho intramolecular Hbond substituents is 1. The van der Waals surface area contributed by atoms with Gasteiger partial charge in [-0.15, -0.1) is 10.2 Å². The average molecular weight is 285 g/mol. The number of hydrogen-bond donors (Lipinski definition) is 3. The number of nitrogens with zero attached hydrogens (tertiary/aromatic N) is 3. The van der Waals surface area contributed by atoms with Crippen molar-refractivity contribution in [3.8, 4) is 28.1 Å². The first-order valence-electron chi connectivity index (χ1n) is 6.22. The lowest BCUT2D eigenvalue weighted by atomic mass is 10.0. The molecule has 0 saturated heterocycles. The van der Waals surface area contributed by atoms with Gasteiger partial charge in [-0.05, 0) is 24.3 Å². The lowest BCUT2D eigenvalue weighted by molar-refractivity contribution is 0.475. The van der Waals surface area contributed by atoms with Gasteiger partial charge in [-0.3, -0.25) is 5.10 Å². The van der Waals surface area contributed by atoms with E-state index in [4.69, 9.17) is 0 Å². The van der Waals surface area contributed by atoms with Crippen LogP contribution in [0.3, 0.4) is 0 Å². The molecular formula is C14H12FN5O. The van der Waals surface area contributed by atoms with Crippen molar-refractivity contribution in [2.75, 3.05) is 12.4 Å². The highest BCUT2D eigenvalue weighted by atomic mass is 19.1. The van der Waals surface area contributed by atoms with Crippen LogP contribution in [0.1, 0.15) is 0 Å². The van der Waals surface area contributed by atoms with E-state index in [1.165, 1.54) is 18.3 Å². The van der Waals surface area contributed by atoms with Crippen molar-refractivity contribution in [3.05, 3.63) is 42.5 Å². The predicted molar refractivity (Wildman–Crippen MR) is 76.2 cm³/mol. The number of rotatable bonds is 3. The number of benzene rings is 1. The minimum Gasteiger partial charge on any atom is -0.507 e. The standard InChI is InChI=1S/C14H12FN5O/c1-16-14-3-2-12(19-20-14)10-4-11(15)9(5-13(10)21)8-6-17-18-7-8/h2-7,21H,1H3,(H,16,20)(H,17,18). The largest absolute Gasteiger partial charge is 0.507 e. The Hall–Kier alpha value is -2.96. The Bertz CT molecular complexity index is 756. The molecule has 1 aromatic carbocycles. The molecule has 0 fully saturated rings. The van der Waals surface area contributed by atoms with Gasteiger partial charge in [0, 0.05) is 29.9 Å². The first-order valence-corrected chi connectivity index (χ1v) is 6.22. The van der Waals surface area contributed by atoms with Gasteiger partial charge < -0.3 is 10.4 Å². The van der Waals surface area contributed by atoms with Crippen molar-refractivity contribution in [1.29, 1.82) is 0 Å². The van der Waals surface area contributed by atoms with Crippen molar-refractivity contribution in [2.24, 2.45) is 0 Å². The molecule has 0 bridgehead atoms. The number of hydrogen-bond acceptors (Lipinski definition) is 5. The van der Waals surface area contributed by atoms with E-state index in [2.05, 4.69) is 25.7 Å². The van der Waals surface area contributed by atoms with Gasteiger partial charge in [0.15, 0.2) is 0 Å². The van der Waals surface area contributed by atoms with Crippen LogP contribution < -0.4 is 5.32 Å². The van der Waals surface area contributed by atoms with E-state index in [9.17, 15) is 9.50 Å². The number of H-pyrrole nitrogens is 1. The second-order valence-electron chi connectivity index (χ2n) is 4.39. The number of aromatic hydroxyl groups is 1. The summed E-state index contributed by atoms with van der Waals surface area (Å²) in [5, 5.41) is 27.2. The Labute approximate surface area is 119 Å². The number of anilines is 1. The zero-order valence-corrected chi connectivity index (χ0v) is 11.1. The molecule has 0 saturated carbocycles. The van der Waals surface area contributed by atoms with Crippen LogP contribution in [-0.4, -0.2) is 32.5 Å². The summed E-state index contributed by atoms with van der Waals surface area (Å²) in [6.45, 7) is 0. The summed E-state index contributed by atoms with van der Waals surface area (Å²) in [6.07, 6.45) is 3.04. The van der Waals surface area contributed by atoms with Crippen LogP contribution in [0.5, 0.6) is 5.75 Å². The molecule has 2 aromatic heterocycles. The monoisotopic (exact) mass is 285 g/mol. The van der Waals surface area contributed by atoms with Crippen LogP contribution in [0.25, 0.3) is 22.4 Å². The summed E-state index contributed by atoms with van der Waals surface area (Å²) >= 11 is 0. The molecule has 0 aliphatic rings. The highest BCUT2D eigenvalue weighted by Gasteiger charge is 2.14. The van der Waals surface area contributed by atoms with Gasteiger partial charge in [0.05, 0.1) is 11.9 Å². The average Bonchev–Trinajstić information content (AvgIpc) is 3.03. The van der Waals surface area contributed by atoms with E-state index in [0.29, 0.717) is 17.1 Å². The van der Waals surface area contributed by atoms with Gasteiger partial charge in [0.2, 0.25) is 0 Å². The van der Waals surface area contributed by atoms with Gasteiger partial charge in [0.1, 0.15) is 17.4 Å². The van der Waals surface area contributed by atoms with Crippen molar-refractivity contribution in [3.63, 3.8) is 0 Å². The van der Waals surface area contributed by atoms with Gasteiger partial charge in [-0.1, -0.05) is 0 Å². The molecule has 0 unspecified atom stereocenters. The number of aromatic nitrogens is 4. The molecule has 3 N–H and O–H groups in total. The van der Waals surface area contributed by atoms with Crippen molar-refractivity contribution in [1.82, 2.24) is 20.4 Å². The smallest absolute Gasteiger partial charge is 0.148 e. The first kappa shape index (κ1) is 13.0. The van der Waals surface area contributed by atoms with Gasteiger partial charge in [0.25, 0.3) is 0 Å². The van der Waals surface area contributed by atoms with E-state index >= 15 is 0 Å². The van der Waals surface area contributed by atoms with Crippen LogP contribution in [0, 0.1) is 5.82 Å². The molecule has 0 aliphatic heterocycles. The zero-order chi connectivity index (χ0) is 14.8. The summed E-state index contributed by atoms with van der Waals surface area (Å²) < 4.78 is 14.2. The third-order valence-electron chi connectivity index (χ3n) is 3.09. The second-order valence-corrected chi connectivity index (χ2v) is 4.39. The van der Waals surface area contributed by atoms with Crippen LogP contribution in [0.4, 0.5) is 10.2 Å². The van der Waals surface area contributed by atoms with Crippen molar-refractivity contribution in [2.45, 2.75) is 0 Å². The number of halogens is 1. The Balaban J connectivity index is 2.06. The molecule has 2 heterocycles. The maximum Gasteiger partial charge on any atom is 0.148 e. The summed E-state index contributed by atoms with van der Waals surface area (Å²) in [4.78, 5) is 0. The van der Waals surface area contributed by atoms with E-state index < -0.39 is 5.82 Å². The summed E-state index contributed by atoms with van der Waals surface area (Å²) in [6, 6.07) is 5.94. The topological polar surface area (TPSA) is 86.7 Å². The highest BCUT2D eigenvalue weighted by Crippen LogP contribution is 2.34. The predicted octanol–water partition coefficient (Wildman–Crippen LogP) is 2.42. The van der Waals surface area contributed by atoms with E-state index in [-0.39, 0.29) is 16.9 Å². The Morgan fingerprint density at radius 3 is 2.67 bits per heavy atom. The normalized spacial score (nSPS) is 10.6. The molecule has 3 aromatic rings. The van der Waals surface area contributed by atoms with Crippen LogP contribution in [-0.2, 0) is 0 Å². The molecule has 3 rings (SSSR count). The van der Waals surface area contributed by atoms with Crippen molar-refractivity contribution >= 4 is 5.82 Å². The minimum absolute atomic E-state index is 0.0703. The fourth-order valence-corrected chi connectivity index (χ4v) is 2.00. The first-order chi connectivity index (χ1) is 10.2. The molecule has 106 valence electrons. The van der Waals surface area contributed by atoms with Crippen molar-refractivity contribution < 1.29 is 9.50 Å². The molecule has 0 spiro atoms. The lowest BCUT2D eigenvalue weighted by Gasteiger charge is -2.08. The highest BCUT2D eigenvalue weighted by molar-refractivity contribution is 5.74. The summed E-state index contributed by atoms with van der Waals surface area (Å²) in [7, 11) is 1.72. The SMILES string of the molecule is CNc1ccc(-c2cc(F)c(-c3cn[nH]c3)cc2O)nn1. The molecule has 0 atom stereocenters. The van der Waals surface area contributed by atoms with Crippen LogP contribution >= 0.6 is 0 Å². The number of phenols is 1. The van der Waals surface area contributed by atoms with E-state index in [1.54, 1.807) is 25.4 Å². The van der Waals surface area contributed by atoms with Gasteiger partial charge in [-0.25, -0.2) is 4.39 Å². The zero-order valence-electron chi connectivity index (χ0n) is 11.1. The Morgan fingerprint density at radius 1 is 1.19 bits per heavy atom. The third kappa shape index (κ3) is 2.40. The minimum atomic E-state index is -0.469. The van der Waals surface area contributed by atoms with Gasteiger partial charge in [-0.2, -0.15) is 5.10 Å². The van der Waals surface area contributed by atoms with E-state index in [0.717, 1.165) is 0 Å². The quantitative estimate of drug-likeness (QED) is 0.688. The maximum absolute atomic E-state index is 14.2. The second kappa shape index (κ2) is 5.20. The number of aromatic amines is 1. The van der Waals surface area contributed by atoms with Gasteiger partial charge >= 0.3 is 0 Å². The Kier molecular flexibility index (Phi) is 3.23. The van der Waals surface area contributed by atoms with E-state index in [1.807, 2.05) is 0 Å². The lowest BCUT2D eigenvalue weighted by Crippen LogP contribution is -1.96. The molecule has 6 nitrogen and oxygen atoms in total. The molecule has 21 heavy (non-hydrogen) atoms. The van der Waals surface area contributed by atoms with Crippen LogP contribution in [0.15, 0.2) is 36.7 Å². The summed E-state index contributed by atoms with van der Waals surface area (Å²) in [5.41, 5.74) is 1.51. The molecule has 0 amide bonds. The molecular weight excluding hydrogens is 273 g/mol. The molecule has 0 aliphatic carbocycles. The number of nitrogens with one attached hydrogen (secondary N) is 2. The fourth-order valence-electron chi connectivity index (χ4n) is 2.00.